The largest absolute Gasteiger partial charge is 0.435 e. The van der Waals surface area contributed by atoms with E-state index >= 15 is 0 Å². The second-order valence-corrected chi connectivity index (χ2v) is 10.7. The summed E-state index contributed by atoms with van der Waals surface area (Å²) < 4.78 is 122. The third kappa shape index (κ3) is 6.28. The highest BCUT2D eigenvalue weighted by Gasteiger charge is 2.63. The average Bonchev–Trinajstić information content (AvgIpc) is 3.43. The van der Waals surface area contributed by atoms with Crippen LogP contribution in [0.4, 0.5) is 39.5 Å². The monoisotopic (exact) mass is 675 g/mol. The number of amides is 2. The summed E-state index contributed by atoms with van der Waals surface area (Å²) in [6.45, 7) is -2.42. The molecule has 6 nitrogen and oxygen atoms in total. The number of oxime groups is 1. The molecule has 16 heteroatoms. The summed E-state index contributed by atoms with van der Waals surface area (Å²) in [6.07, 6.45) is -16.0. The van der Waals surface area contributed by atoms with Gasteiger partial charge in [0.05, 0.1) is 29.8 Å². The van der Waals surface area contributed by atoms with Gasteiger partial charge < -0.3 is 15.5 Å². The number of carbonyl (C=O) groups is 2. The maximum absolute atomic E-state index is 14.7. The van der Waals surface area contributed by atoms with Gasteiger partial charge >= 0.3 is 18.5 Å². The van der Waals surface area contributed by atoms with Gasteiger partial charge in [-0.25, -0.2) is 0 Å². The molecule has 2 amide bonds. The van der Waals surface area contributed by atoms with Crippen LogP contribution in [0.25, 0.3) is 21.5 Å². The Labute approximate surface area is 258 Å². The van der Waals surface area contributed by atoms with Crippen LogP contribution in [-0.4, -0.2) is 43.0 Å². The fraction of sp³-hybridized carbons (Fsp3) is 0.233. The van der Waals surface area contributed by atoms with Crippen LogP contribution in [0.5, 0.6) is 0 Å². The maximum Gasteiger partial charge on any atom is 0.435 e. The van der Waals surface area contributed by atoms with E-state index in [9.17, 15) is 49.1 Å². The molecule has 0 fully saturated rings. The van der Waals surface area contributed by atoms with Crippen molar-refractivity contribution < 1.29 is 53.9 Å². The van der Waals surface area contributed by atoms with Gasteiger partial charge in [-0.2, -0.15) is 39.5 Å². The lowest BCUT2D eigenvalue weighted by atomic mass is 9.82. The molecule has 0 spiro atoms. The first kappa shape index (κ1) is 32.9. The van der Waals surface area contributed by atoms with E-state index in [-0.39, 0.29) is 38.4 Å². The van der Waals surface area contributed by atoms with E-state index in [4.69, 9.17) is 16.4 Å². The van der Waals surface area contributed by atoms with E-state index in [1.54, 1.807) is 5.32 Å². The van der Waals surface area contributed by atoms with Crippen molar-refractivity contribution >= 4 is 50.7 Å². The van der Waals surface area contributed by atoms with E-state index < -0.39 is 71.6 Å². The topological polar surface area (TPSA) is 79.8 Å². The number of fused-ring (bicyclic) bond motifs is 2. The highest BCUT2D eigenvalue weighted by molar-refractivity contribution is 6.31. The lowest BCUT2D eigenvalue weighted by molar-refractivity contribution is -0.276. The minimum Gasteiger partial charge on any atom is -0.374 e. The molecule has 4 aromatic carbocycles. The molecule has 242 valence electrons. The molecule has 0 saturated carbocycles. The number of halogens is 10. The fourth-order valence-corrected chi connectivity index (χ4v) is 5.45. The number of nitrogens with zero attached hydrogens (tertiary/aromatic N) is 1. The van der Waals surface area contributed by atoms with Crippen LogP contribution >= 0.6 is 11.6 Å². The molecular formula is C30H19ClF9N3O3. The Hall–Kier alpha value is -4.53. The van der Waals surface area contributed by atoms with E-state index in [1.165, 1.54) is 48.5 Å². The number of nitrogens with one attached hydrogen (secondary N) is 2. The summed E-state index contributed by atoms with van der Waals surface area (Å²) in [6, 6.07) is 13.5. The zero-order chi connectivity index (χ0) is 33.7. The van der Waals surface area contributed by atoms with E-state index in [0.717, 1.165) is 6.07 Å². The van der Waals surface area contributed by atoms with Gasteiger partial charge in [-0.15, -0.1) is 0 Å². The van der Waals surface area contributed by atoms with Crippen LogP contribution in [0.3, 0.4) is 0 Å². The van der Waals surface area contributed by atoms with Crippen LogP contribution in [0.1, 0.15) is 33.5 Å². The summed E-state index contributed by atoms with van der Waals surface area (Å²) in [7, 11) is 0. The average molecular weight is 676 g/mol. The van der Waals surface area contributed by atoms with E-state index in [0.29, 0.717) is 12.1 Å². The SMILES string of the molecule is O=C(CNC(=O)c1c2ccccc2c(C2=NOC(c3cc(Cl)cc(C(F)(F)F)c3)(C(F)(F)F)C2)c2ccccc12)NCC(F)(F)F. The molecule has 0 aromatic heterocycles. The molecule has 1 heterocycles. The van der Waals surface area contributed by atoms with Gasteiger partial charge in [0.1, 0.15) is 6.54 Å². The van der Waals surface area contributed by atoms with Crippen LogP contribution in [0.15, 0.2) is 71.9 Å². The Balaban J connectivity index is 1.60. The van der Waals surface area contributed by atoms with Crippen LogP contribution in [-0.2, 0) is 21.4 Å². The van der Waals surface area contributed by atoms with Crippen molar-refractivity contribution in [2.24, 2.45) is 5.16 Å². The second kappa shape index (κ2) is 11.7. The molecule has 2 N–H and O–H groups in total. The Bertz CT molecular complexity index is 1830. The first-order valence-corrected chi connectivity index (χ1v) is 13.5. The number of rotatable bonds is 6. The molecule has 4 aromatic rings. The third-order valence-electron chi connectivity index (χ3n) is 7.22. The first-order valence-electron chi connectivity index (χ1n) is 13.2. The summed E-state index contributed by atoms with van der Waals surface area (Å²) in [5.74, 6) is -1.99. The maximum atomic E-state index is 14.7. The molecule has 5 rings (SSSR count). The Morgan fingerprint density at radius 1 is 0.826 bits per heavy atom. The minimum atomic E-state index is -5.27. The van der Waals surface area contributed by atoms with Gasteiger partial charge in [0.25, 0.3) is 11.5 Å². The zero-order valence-electron chi connectivity index (χ0n) is 22.9. The number of benzene rings is 4. The van der Waals surface area contributed by atoms with Crippen LogP contribution in [0.2, 0.25) is 5.02 Å². The summed E-state index contributed by atoms with van der Waals surface area (Å²) in [5, 5.41) is 7.77. The molecule has 1 unspecified atom stereocenters. The van der Waals surface area contributed by atoms with Gasteiger partial charge in [-0.05, 0) is 39.7 Å². The normalized spacial score (nSPS) is 17.1. The summed E-state index contributed by atoms with van der Waals surface area (Å²) in [5.41, 5.74) is -5.94. The van der Waals surface area contributed by atoms with Gasteiger partial charge in [0, 0.05) is 16.1 Å². The fourth-order valence-electron chi connectivity index (χ4n) is 5.22. The Kier molecular flexibility index (Phi) is 8.34. The van der Waals surface area contributed by atoms with E-state index in [2.05, 4.69) is 10.5 Å². The summed E-state index contributed by atoms with van der Waals surface area (Å²) in [4.78, 5) is 30.3. The Morgan fingerprint density at radius 2 is 1.39 bits per heavy atom. The van der Waals surface area contributed by atoms with Gasteiger partial charge in [-0.1, -0.05) is 65.3 Å². The van der Waals surface area contributed by atoms with Crippen molar-refractivity contribution in [2.45, 2.75) is 30.6 Å². The smallest absolute Gasteiger partial charge is 0.374 e. The highest BCUT2D eigenvalue weighted by Crippen LogP contribution is 2.51. The van der Waals surface area contributed by atoms with Crippen LogP contribution in [0, 0.1) is 0 Å². The number of hydrogen-bond acceptors (Lipinski definition) is 4. The second-order valence-electron chi connectivity index (χ2n) is 10.3. The van der Waals surface area contributed by atoms with Crippen molar-refractivity contribution in [3.63, 3.8) is 0 Å². The molecule has 0 radical (unpaired) electrons. The molecule has 46 heavy (non-hydrogen) atoms. The molecule has 0 saturated heterocycles. The molecular weight excluding hydrogens is 657 g/mol. The van der Waals surface area contributed by atoms with Crippen molar-refractivity contribution in [3.05, 3.63) is 94.0 Å². The van der Waals surface area contributed by atoms with Crippen LogP contribution < -0.4 is 10.6 Å². The molecule has 1 aliphatic rings. The van der Waals surface area contributed by atoms with Crippen molar-refractivity contribution in [2.75, 3.05) is 13.1 Å². The minimum absolute atomic E-state index is 0.0372. The number of hydrogen-bond donors (Lipinski definition) is 2. The van der Waals surface area contributed by atoms with Crippen molar-refractivity contribution in [1.29, 1.82) is 0 Å². The predicted octanol–water partition coefficient (Wildman–Crippen LogP) is 7.66. The van der Waals surface area contributed by atoms with Gasteiger partial charge in [0.2, 0.25) is 5.91 Å². The first-order chi connectivity index (χ1) is 21.4. The highest BCUT2D eigenvalue weighted by atomic mass is 35.5. The standard InChI is InChI=1S/C30H19ClF9N3O3/c31-17-10-15(9-16(11-17)29(35,36)37)27(30(38,39)40)12-22(43-46-27)24-18-5-1-3-7-20(18)25(21-8-4-2-6-19(21)24)26(45)41-13-23(44)42-14-28(32,33)34/h1-11H,12-14H2,(H,41,45)(H,42,44). The van der Waals surface area contributed by atoms with Gasteiger partial charge in [0.15, 0.2) is 0 Å². The quantitative estimate of drug-likeness (QED) is 0.163. The Morgan fingerprint density at radius 3 is 1.91 bits per heavy atom. The zero-order valence-corrected chi connectivity index (χ0v) is 23.7. The van der Waals surface area contributed by atoms with Gasteiger partial charge in [-0.3, -0.25) is 9.59 Å². The third-order valence-corrected chi connectivity index (χ3v) is 7.44. The predicted molar refractivity (Wildman–Crippen MR) is 149 cm³/mol. The molecule has 1 aliphatic heterocycles. The lowest BCUT2D eigenvalue weighted by Gasteiger charge is -2.30. The molecule has 0 bridgehead atoms. The number of carbonyl (C=O) groups excluding carboxylic acids is 2. The summed E-state index contributed by atoms with van der Waals surface area (Å²) >= 11 is 5.81. The van der Waals surface area contributed by atoms with E-state index in [1.807, 2.05) is 0 Å². The number of alkyl halides is 9. The van der Waals surface area contributed by atoms with Crippen molar-refractivity contribution in [1.82, 2.24) is 10.6 Å². The molecule has 1 atom stereocenters. The lowest BCUT2D eigenvalue weighted by Crippen LogP contribution is -2.43. The molecule has 0 aliphatic carbocycles. The van der Waals surface area contributed by atoms with Crippen molar-refractivity contribution in [3.8, 4) is 0 Å².